The van der Waals surface area contributed by atoms with E-state index in [-0.39, 0.29) is 0 Å². The van der Waals surface area contributed by atoms with E-state index in [4.69, 9.17) is 0 Å². The summed E-state index contributed by atoms with van der Waals surface area (Å²) >= 11 is 0. The molecule has 64 valence electrons. The minimum absolute atomic E-state index is 0.895. The van der Waals surface area contributed by atoms with Crippen LogP contribution in [0.3, 0.4) is 0 Å². The van der Waals surface area contributed by atoms with Gasteiger partial charge in [0, 0.05) is 32.0 Å². The van der Waals surface area contributed by atoms with Gasteiger partial charge in [0.1, 0.15) is 0 Å². The summed E-state index contributed by atoms with van der Waals surface area (Å²) in [5.41, 5.74) is 1.37. The second-order valence-corrected chi connectivity index (χ2v) is 3.65. The summed E-state index contributed by atoms with van der Waals surface area (Å²) < 4.78 is 0. The van der Waals surface area contributed by atoms with Gasteiger partial charge in [-0.05, 0) is 23.6 Å². The molecule has 0 unspecified atom stereocenters. The Bertz CT molecular complexity index is 239. The molecular formula is C10H14N2. The Morgan fingerprint density at radius 1 is 1.42 bits per heavy atom. The van der Waals surface area contributed by atoms with E-state index in [0.29, 0.717) is 0 Å². The van der Waals surface area contributed by atoms with Crippen LogP contribution in [-0.4, -0.2) is 23.0 Å². The summed E-state index contributed by atoms with van der Waals surface area (Å²) in [5, 5.41) is 0. The molecule has 1 saturated heterocycles. The third-order valence-electron chi connectivity index (χ3n) is 2.30. The first-order chi connectivity index (χ1) is 5.84. The fourth-order valence-electron chi connectivity index (χ4n) is 1.70. The molecule has 1 aliphatic heterocycles. The van der Waals surface area contributed by atoms with Crippen LogP contribution < -0.4 is 0 Å². The number of aromatic nitrogens is 1. The highest BCUT2D eigenvalue weighted by Crippen LogP contribution is 2.16. The molecule has 0 aliphatic carbocycles. The van der Waals surface area contributed by atoms with Crippen LogP contribution in [0.15, 0.2) is 24.5 Å². The number of likely N-dealkylation sites (tertiary alicyclic amines) is 1. The average molecular weight is 162 g/mol. The molecular weight excluding hydrogens is 148 g/mol. The molecule has 2 rings (SSSR count). The highest BCUT2D eigenvalue weighted by atomic mass is 15.2. The number of nitrogens with zero attached hydrogens (tertiary/aromatic N) is 2. The van der Waals surface area contributed by atoms with E-state index in [1.54, 1.807) is 0 Å². The molecule has 0 N–H and O–H groups in total. The molecule has 0 saturated carbocycles. The quantitative estimate of drug-likeness (QED) is 0.655. The van der Waals surface area contributed by atoms with Gasteiger partial charge in [0.25, 0.3) is 0 Å². The Hall–Kier alpha value is -0.890. The first kappa shape index (κ1) is 7.74. The van der Waals surface area contributed by atoms with Gasteiger partial charge >= 0.3 is 0 Å². The maximum Gasteiger partial charge on any atom is 0.0271 e. The molecule has 12 heavy (non-hydrogen) atoms. The summed E-state index contributed by atoms with van der Waals surface area (Å²) in [5.74, 6) is 0.895. The van der Waals surface area contributed by atoms with Gasteiger partial charge in [-0.3, -0.25) is 9.88 Å². The van der Waals surface area contributed by atoms with E-state index >= 15 is 0 Å². The Morgan fingerprint density at radius 3 is 2.67 bits per heavy atom. The predicted octanol–water partition coefficient (Wildman–Crippen LogP) is 1.53. The molecule has 2 heterocycles. The smallest absolute Gasteiger partial charge is 0.0271 e. The number of hydrogen-bond donors (Lipinski definition) is 0. The van der Waals surface area contributed by atoms with E-state index in [9.17, 15) is 0 Å². The zero-order valence-corrected chi connectivity index (χ0v) is 7.40. The van der Waals surface area contributed by atoms with Gasteiger partial charge in [0.05, 0.1) is 0 Å². The van der Waals surface area contributed by atoms with Gasteiger partial charge in [-0.1, -0.05) is 6.92 Å². The fourth-order valence-corrected chi connectivity index (χ4v) is 1.70. The van der Waals surface area contributed by atoms with Crippen LogP contribution in [0.2, 0.25) is 0 Å². The first-order valence-corrected chi connectivity index (χ1v) is 4.46. The van der Waals surface area contributed by atoms with Crippen molar-refractivity contribution in [1.82, 2.24) is 9.88 Å². The van der Waals surface area contributed by atoms with Gasteiger partial charge in [0.15, 0.2) is 0 Å². The van der Waals surface area contributed by atoms with Crippen LogP contribution in [0.4, 0.5) is 0 Å². The molecule has 0 bridgehead atoms. The van der Waals surface area contributed by atoms with Crippen molar-refractivity contribution in [3.63, 3.8) is 0 Å². The molecule has 0 spiro atoms. The summed E-state index contributed by atoms with van der Waals surface area (Å²) in [6.07, 6.45) is 3.72. The normalized spacial score (nSPS) is 19.1. The fraction of sp³-hybridized carbons (Fsp3) is 0.500. The summed E-state index contributed by atoms with van der Waals surface area (Å²) in [4.78, 5) is 6.45. The lowest BCUT2D eigenvalue weighted by Gasteiger charge is -2.37. The SMILES string of the molecule is CC1CN(Cc2ccncc2)C1. The molecule has 2 nitrogen and oxygen atoms in total. The van der Waals surface area contributed by atoms with Crippen molar-refractivity contribution < 1.29 is 0 Å². The molecule has 1 aliphatic rings. The molecule has 0 radical (unpaired) electrons. The summed E-state index contributed by atoms with van der Waals surface area (Å²) in [7, 11) is 0. The number of pyridine rings is 1. The van der Waals surface area contributed by atoms with Crippen molar-refractivity contribution in [2.45, 2.75) is 13.5 Å². The summed E-state index contributed by atoms with van der Waals surface area (Å²) in [6, 6.07) is 4.17. The van der Waals surface area contributed by atoms with Crippen LogP contribution in [-0.2, 0) is 6.54 Å². The average Bonchev–Trinajstić information content (AvgIpc) is 2.04. The monoisotopic (exact) mass is 162 g/mol. The van der Waals surface area contributed by atoms with Gasteiger partial charge < -0.3 is 0 Å². The topological polar surface area (TPSA) is 16.1 Å². The molecule has 0 atom stereocenters. The van der Waals surface area contributed by atoms with Crippen molar-refractivity contribution in [2.75, 3.05) is 13.1 Å². The lowest BCUT2D eigenvalue weighted by Crippen LogP contribution is -2.44. The van der Waals surface area contributed by atoms with Crippen molar-refractivity contribution >= 4 is 0 Å². The highest BCUT2D eigenvalue weighted by molar-refractivity contribution is 5.09. The van der Waals surface area contributed by atoms with E-state index < -0.39 is 0 Å². The molecule has 1 aromatic heterocycles. The number of rotatable bonds is 2. The standard InChI is InChI=1S/C10H14N2/c1-9-6-12(7-9)8-10-2-4-11-5-3-10/h2-5,9H,6-8H2,1H3. The Balaban J connectivity index is 1.88. The van der Waals surface area contributed by atoms with E-state index in [2.05, 4.69) is 28.9 Å². The molecule has 2 heteroatoms. The molecule has 0 amide bonds. The lowest BCUT2D eigenvalue weighted by atomic mass is 10.0. The zero-order chi connectivity index (χ0) is 8.39. The van der Waals surface area contributed by atoms with Gasteiger partial charge in [-0.2, -0.15) is 0 Å². The van der Waals surface area contributed by atoms with Gasteiger partial charge in [0.2, 0.25) is 0 Å². The van der Waals surface area contributed by atoms with Crippen molar-refractivity contribution in [3.8, 4) is 0 Å². The van der Waals surface area contributed by atoms with Crippen molar-refractivity contribution in [3.05, 3.63) is 30.1 Å². The maximum absolute atomic E-state index is 3.99. The molecule has 0 aromatic carbocycles. The minimum Gasteiger partial charge on any atom is -0.298 e. The first-order valence-electron chi connectivity index (χ1n) is 4.46. The Morgan fingerprint density at radius 2 is 2.08 bits per heavy atom. The second-order valence-electron chi connectivity index (χ2n) is 3.65. The van der Waals surface area contributed by atoms with Crippen LogP contribution >= 0.6 is 0 Å². The molecule has 1 aromatic rings. The van der Waals surface area contributed by atoms with Crippen LogP contribution in [0.5, 0.6) is 0 Å². The third-order valence-corrected chi connectivity index (χ3v) is 2.30. The maximum atomic E-state index is 3.99. The van der Waals surface area contributed by atoms with Gasteiger partial charge in [-0.15, -0.1) is 0 Å². The van der Waals surface area contributed by atoms with Crippen LogP contribution in [0.1, 0.15) is 12.5 Å². The second kappa shape index (κ2) is 3.23. The van der Waals surface area contributed by atoms with Crippen LogP contribution in [0.25, 0.3) is 0 Å². The van der Waals surface area contributed by atoms with Crippen molar-refractivity contribution in [1.29, 1.82) is 0 Å². The van der Waals surface area contributed by atoms with Gasteiger partial charge in [-0.25, -0.2) is 0 Å². The van der Waals surface area contributed by atoms with Crippen LogP contribution in [0, 0.1) is 5.92 Å². The Labute approximate surface area is 73.2 Å². The summed E-state index contributed by atoms with van der Waals surface area (Å²) in [6.45, 7) is 5.89. The largest absolute Gasteiger partial charge is 0.298 e. The molecule has 1 fully saturated rings. The third kappa shape index (κ3) is 1.64. The minimum atomic E-state index is 0.895. The lowest BCUT2D eigenvalue weighted by molar-refractivity contribution is 0.105. The van der Waals surface area contributed by atoms with Crippen molar-refractivity contribution in [2.24, 2.45) is 5.92 Å². The number of hydrogen-bond acceptors (Lipinski definition) is 2. The van der Waals surface area contributed by atoms with E-state index in [1.807, 2.05) is 12.4 Å². The zero-order valence-electron chi connectivity index (χ0n) is 7.40. The highest BCUT2D eigenvalue weighted by Gasteiger charge is 2.21. The predicted molar refractivity (Wildman–Crippen MR) is 48.7 cm³/mol. The van der Waals surface area contributed by atoms with E-state index in [0.717, 1.165) is 12.5 Å². The Kier molecular flexibility index (Phi) is 2.09. The van der Waals surface area contributed by atoms with E-state index in [1.165, 1.54) is 18.7 Å².